The zero-order valence-corrected chi connectivity index (χ0v) is 17.3. The number of fused-ring (bicyclic) bond motifs is 1. The third kappa shape index (κ3) is 4.52. The molecule has 0 unspecified atom stereocenters. The van der Waals surface area contributed by atoms with Crippen molar-refractivity contribution in [2.75, 3.05) is 44.2 Å². The highest BCUT2D eigenvalue weighted by atomic mass is 32.2. The molecule has 2 heterocycles. The molecule has 0 bridgehead atoms. The number of carbonyl (C=O) groups excluding carboxylic acids is 1. The molecule has 0 aliphatic carbocycles. The number of carbonyl (C=O) groups is 1. The SMILES string of the molecule is CCCCCN1CCN(S(=O)(=O)c2ccc3c(c2)CCCN3C(C)=O)CC1. The van der Waals surface area contributed by atoms with Gasteiger partial charge in [0.05, 0.1) is 4.90 Å². The molecule has 0 aromatic heterocycles. The Morgan fingerprint density at radius 3 is 2.48 bits per heavy atom. The molecule has 0 atom stereocenters. The van der Waals surface area contributed by atoms with Crippen molar-refractivity contribution in [1.82, 2.24) is 9.21 Å². The largest absolute Gasteiger partial charge is 0.312 e. The highest BCUT2D eigenvalue weighted by Gasteiger charge is 2.30. The minimum atomic E-state index is -3.48. The van der Waals surface area contributed by atoms with Crippen molar-refractivity contribution in [3.05, 3.63) is 23.8 Å². The molecule has 27 heavy (non-hydrogen) atoms. The van der Waals surface area contributed by atoms with Gasteiger partial charge in [-0.1, -0.05) is 19.8 Å². The summed E-state index contributed by atoms with van der Waals surface area (Å²) in [5.74, 6) is 0.00533. The van der Waals surface area contributed by atoms with Crippen LogP contribution in [0.15, 0.2) is 23.1 Å². The zero-order chi connectivity index (χ0) is 19.4. The second kappa shape index (κ2) is 8.71. The normalized spacial score (nSPS) is 19.1. The fourth-order valence-electron chi connectivity index (χ4n) is 3.99. The maximum atomic E-state index is 13.1. The van der Waals surface area contributed by atoms with Gasteiger partial charge in [0.1, 0.15) is 0 Å². The molecule has 150 valence electrons. The number of piperazine rings is 1. The predicted molar refractivity (Wildman–Crippen MR) is 108 cm³/mol. The van der Waals surface area contributed by atoms with Crippen LogP contribution in [0.1, 0.15) is 45.1 Å². The highest BCUT2D eigenvalue weighted by molar-refractivity contribution is 7.89. The van der Waals surface area contributed by atoms with Crippen LogP contribution in [0.5, 0.6) is 0 Å². The lowest BCUT2D eigenvalue weighted by Gasteiger charge is -2.34. The van der Waals surface area contributed by atoms with Crippen molar-refractivity contribution < 1.29 is 13.2 Å². The van der Waals surface area contributed by atoms with Crippen molar-refractivity contribution in [3.63, 3.8) is 0 Å². The second-order valence-electron chi connectivity index (χ2n) is 7.52. The fourth-order valence-corrected chi connectivity index (χ4v) is 5.46. The summed E-state index contributed by atoms with van der Waals surface area (Å²) in [5, 5.41) is 0. The van der Waals surface area contributed by atoms with Gasteiger partial charge in [-0.05, 0) is 49.6 Å². The van der Waals surface area contributed by atoms with Crippen LogP contribution < -0.4 is 4.90 Å². The first-order valence-electron chi connectivity index (χ1n) is 10.1. The maximum Gasteiger partial charge on any atom is 0.243 e. The summed E-state index contributed by atoms with van der Waals surface area (Å²) in [7, 11) is -3.48. The molecule has 6 nitrogen and oxygen atoms in total. The van der Waals surface area contributed by atoms with Gasteiger partial charge in [0, 0.05) is 45.3 Å². The molecule has 1 fully saturated rings. The van der Waals surface area contributed by atoms with Crippen LogP contribution in [0.4, 0.5) is 5.69 Å². The molecule has 0 saturated carbocycles. The first-order chi connectivity index (χ1) is 12.9. The van der Waals surface area contributed by atoms with E-state index >= 15 is 0 Å². The van der Waals surface area contributed by atoms with Crippen LogP contribution in [0, 0.1) is 0 Å². The van der Waals surface area contributed by atoms with Crippen LogP contribution in [0.25, 0.3) is 0 Å². The van der Waals surface area contributed by atoms with Crippen molar-refractivity contribution in [3.8, 4) is 0 Å². The number of hydrogen-bond acceptors (Lipinski definition) is 4. The van der Waals surface area contributed by atoms with E-state index < -0.39 is 10.0 Å². The Labute approximate surface area is 163 Å². The van der Waals surface area contributed by atoms with E-state index in [0.717, 1.165) is 43.7 Å². The van der Waals surface area contributed by atoms with Crippen LogP contribution >= 0.6 is 0 Å². The topological polar surface area (TPSA) is 60.9 Å². The Morgan fingerprint density at radius 1 is 1.07 bits per heavy atom. The number of unbranched alkanes of at least 4 members (excludes halogenated alkanes) is 2. The molecule has 2 aliphatic rings. The Hall–Kier alpha value is -1.44. The van der Waals surface area contributed by atoms with E-state index in [9.17, 15) is 13.2 Å². The van der Waals surface area contributed by atoms with Gasteiger partial charge in [-0.2, -0.15) is 4.31 Å². The van der Waals surface area contributed by atoms with Gasteiger partial charge in [0.25, 0.3) is 0 Å². The zero-order valence-electron chi connectivity index (χ0n) is 16.5. The van der Waals surface area contributed by atoms with Gasteiger partial charge in [0.2, 0.25) is 15.9 Å². The maximum absolute atomic E-state index is 13.1. The number of amides is 1. The first kappa shape index (κ1) is 20.3. The lowest BCUT2D eigenvalue weighted by Crippen LogP contribution is -2.48. The molecule has 1 saturated heterocycles. The Bertz CT molecular complexity index is 771. The number of rotatable bonds is 6. The smallest absolute Gasteiger partial charge is 0.243 e. The molecule has 0 N–H and O–H groups in total. The van der Waals surface area contributed by atoms with Crippen LogP contribution in [-0.2, 0) is 21.2 Å². The first-order valence-corrected chi connectivity index (χ1v) is 11.5. The number of nitrogens with zero attached hydrogens (tertiary/aromatic N) is 3. The summed E-state index contributed by atoms with van der Waals surface area (Å²) >= 11 is 0. The monoisotopic (exact) mass is 393 g/mol. The Morgan fingerprint density at radius 2 is 1.81 bits per heavy atom. The molecule has 0 spiro atoms. The third-order valence-corrected chi connectivity index (χ3v) is 7.49. The summed E-state index contributed by atoms with van der Waals surface area (Å²) in [6.45, 7) is 8.20. The van der Waals surface area contributed by atoms with E-state index in [1.165, 1.54) is 19.3 Å². The standard InChI is InChI=1S/C20H31N3O3S/c1-3-4-5-10-21-12-14-22(15-13-21)27(25,26)19-8-9-20-18(16-19)7-6-11-23(20)17(2)24/h8-9,16H,3-7,10-15H2,1-2H3. The van der Waals surface area contributed by atoms with Crippen molar-refractivity contribution in [1.29, 1.82) is 0 Å². The Balaban J connectivity index is 1.70. The number of benzene rings is 1. The molecule has 7 heteroatoms. The van der Waals surface area contributed by atoms with E-state index in [4.69, 9.17) is 0 Å². The summed E-state index contributed by atoms with van der Waals surface area (Å²) in [6, 6.07) is 5.22. The number of hydrogen-bond donors (Lipinski definition) is 0. The molecule has 2 aliphatic heterocycles. The van der Waals surface area contributed by atoms with E-state index in [1.807, 2.05) is 0 Å². The van der Waals surface area contributed by atoms with Crippen molar-refractivity contribution >= 4 is 21.6 Å². The van der Waals surface area contributed by atoms with Gasteiger partial charge >= 0.3 is 0 Å². The molecule has 1 aromatic carbocycles. The summed E-state index contributed by atoms with van der Waals surface area (Å²) in [4.78, 5) is 16.3. The number of anilines is 1. The lowest BCUT2D eigenvalue weighted by molar-refractivity contribution is -0.116. The minimum Gasteiger partial charge on any atom is -0.312 e. The molecule has 1 amide bonds. The predicted octanol–water partition coefficient (Wildman–Crippen LogP) is 2.48. The molecular formula is C20H31N3O3S. The molecular weight excluding hydrogens is 362 g/mol. The molecule has 1 aromatic rings. The van der Waals surface area contributed by atoms with Gasteiger partial charge < -0.3 is 9.80 Å². The third-order valence-electron chi connectivity index (χ3n) is 5.60. The average Bonchev–Trinajstić information content (AvgIpc) is 2.67. The summed E-state index contributed by atoms with van der Waals surface area (Å²) < 4.78 is 27.8. The van der Waals surface area contributed by atoms with E-state index in [2.05, 4.69) is 11.8 Å². The summed E-state index contributed by atoms with van der Waals surface area (Å²) in [5.41, 5.74) is 1.81. The van der Waals surface area contributed by atoms with E-state index in [-0.39, 0.29) is 5.91 Å². The van der Waals surface area contributed by atoms with Crippen molar-refractivity contribution in [2.24, 2.45) is 0 Å². The number of aryl methyl sites for hydroxylation is 1. The fraction of sp³-hybridized carbons (Fsp3) is 0.650. The van der Waals surface area contributed by atoms with E-state index in [0.29, 0.717) is 24.5 Å². The van der Waals surface area contributed by atoms with Crippen LogP contribution in [0.3, 0.4) is 0 Å². The molecule has 3 rings (SSSR count). The lowest BCUT2D eigenvalue weighted by atomic mass is 10.0. The number of sulfonamides is 1. The van der Waals surface area contributed by atoms with Gasteiger partial charge in [0.15, 0.2) is 0 Å². The van der Waals surface area contributed by atoms with Crippen LogP contribution in [0.2, 0.25) is 0 Å². The van der Waals surface area contributed by atoms with Gasteiger partial charge in [-0.15, -0.1) is 0 Å². The highest BCUT2D eigenvalue weighted by Crippen LogP contribution is 2.30. The van der Waals surface area contributed by atoms with Gasteiger partial charge in [-0.25, -0.2) is 8.42 Å². The van der Waals surface area contributed by atoms with Crippen molar-refractivity contribution in [2.45, 2.75) is 50.8 Å². The average molecular weight is 394 g/mol. The quantitative estimate of drug-likeness (QED) is 0.697. The summed E-state index contributed by atoms with van der Waals surface area (Å²) in [6.07, 6.45) is 5.29. The van der Waals surface area contributed by atoms with Gasteiger partial charge in [-0.3, -0.25) is 4.79 Å². The van der Waals surface area contributed by atoms with Crippen LogP contribution in [-0.4, -0.2) is 62.8 Å². The second-order valence-corrected chi connectivity index (χ2v) is 9.46. The van der Waals surface area contributed by atoms with E-state index in [1.54, 1.807) is 34.3 Å². The molecule has 0 radical (unpaired) electrons. The minimum absolute atomic E-state index is 0.00533. The Kier molecular flexibility index (Phi) is 6.55.